The van der Waals surface area contributed by atoms with Crippen LogP contribution in [0.1, 0.15) is 12.1 Å². The van der Waals surface area contributed by atoms with Crippen molar-refractivity contribution in [1.82, 2.24) is 15.8 Å². The zero-order valence-corrected chi connectivity index (χ0v) is 7.30. The van der Waals surface area contributed by atoms with Gasteiger partial charge in [0.2, 0.25) is 5.89 Å². The molecule has 0 saturated carbocycles. The van der Waals surface area contributed by atoms with Gasteiger partial charge in [0.25, 0.3) is 0 Å². The van der Waals surface area contributed by atoms with E-state index in [9.17, 15) is 0 Å². The monoisotopic (exact) mass is 190 g/mol. The van der Waals surface area contributed by atoms with Crippen molar-refractivity contribution < 1.29 is 9.25 Å². The number of rotatable bonds is 1. The summed E-state index contributed by atoms with van der Waals surface area (Å²) < 4.78 is 5.50. The number of para-hydroxylation sites is 2. The molecular formula is C9H8N3O2. The predicted octanol–water partition coefficient (Wildman–Crippen LogP) is 0.923. The van der Waals surface area contributed by atoms with Crippen LogP contribution in [0.15, 0.2) is 28.7 Å². The van der Waals surface area contributed by atoms with E-state index < -0.39 is 0 Å². The molecule has 1 aromatic carbocycles. The fraction of sp³-hybridized carbons (Fsp3) is 0.222. The molecule has 1 aliphatic rings. The summed E-state index contributed by atoms with van der Waals surface area (Å²) in [4.78, 5) is 9.11. The van der Waals surface area contributed by atoms with Crippen LogP contribution in [0.5, 0.6) is 0 Å². The van der Waals surface area contributed by atoms with Crippen molar-refractivity contribution in [2.24, 2.45) is 0 Å². The Morgan fingerprint density at radius 2 is 2.29 bits per heavy atom. The average Bonchev–Trinajstić information content (AvgIpc) is 2.86. The van der Waals surface area contributed by atoms with Gasteiger partial charge in [-0.15, -0.1) is 0 Å². The standard InChI is InChI=1S/C9H8N3O2/c1-2-4-7-6(3-1)11-9(14-7)8-10-5-13-12-8/h1-4,8,10H,5H2. The third-order valence-corrected chi connectivity index (χ3v) is 2.07. The molecule has 1 aromatic heterocycles. The smallest absolute Gasteiger partial charge is 0.231 e. The van der Waals surface area contributed by atoms with E-state index in [1.165, 1.54) is 0 Å². The maximum atomic E-state index is 5.50. The quantitative estimate of drug-likeness (QED) is 0.726. The molecule has 0 spiro atoms. The lowest BCUT2D eigenvalue weighted by atomic mass is 10.3. The molecule has 1 saturated heterocycles. The Bertz CT molecular complexity index is 415. The van der Waals surface area contributed by atoms with Crippen LogP contribution in [-0.4, -0.2) is 11.7 Å². The van der Waals surface area contributed by atoms with E-state index in [2.05, 4.69) is 15.8 Å². The Labute approximate surface area is 80.0 Å². The lowest BCUT2D eigenvalue weighted by molar-refractivity contribution is 0.0746. The van der Waals surface area contributed by atoms with E-state index in [4.69, 9.17) is 9.25 Å². The zero-order chi connectivity index (χ0) is 9.38. The number of benzene rings is 1. The van der Waals surface area contributed by atoms with Gasteiger partial charge in [0.05, 0.1) is 0 Å². The van der Waals surface area contributed by atoms with Crippen molar-refractivity contribution in [3.63, 3.8) is 0 Å². The first-order chi connectivity index (χ1) is 6.93. The van der Waals surface area contributed by atoms with Crippen molar-refractivity contribution in [1.29, 1.82) is 0 Å². The van der Waals surface area contributed by atoms with Gasteiger partial charge in [-0.3, -0.25) is 10.2 Å². The molecule has 71 valence electrons. The minimum absolute atomic E-state index is 0.276. The molecule has 3 rings (SSSR count). The van der Waals surface area contributed by atoms with Gasteiger partial charge in [-0.05, 0) is 12.1 Å². The lowest BCUT2D eigenvalue weighted by Crippen LogP contribution is -2.17. The van der Waals surface area contributed by atoms with Gasteiger partial charge in [-0.1, -0.05) is 17.6 Å². The normalized spacial score (nSPS) is 21.9. The third kappa shape index (κ3) is 1.19. The highest BCUT2D eigenvalue weighted by Crippen LogP contribution is 2.20. The van der Waals surface area contributed by atoms with E-state index in [1.54, 1.807) is 0 Å². The highest BCUT2D eigenvalue weighted by molar-refractivity contribution is 5.72. The van der Waals surface area contributed by atoms with E-state index in [1.807, 2.05) is 24.3 Å². The fourth-order valence-corrected chi connectivity index (χ4v) is 1.40. The van der Waals surface area contributed by atoms with Gasteiger partial charge in [0.15, 0.2) is 11.7 Å². The molecule has 5 heteroatoms. The van der Waals surface area contributed by atoms with Crippen molar-refractivity contribution in [3.8, 4) is 0 Å². The number of nitrogens with one attached hydrogen (secondary N) is 1. The van der Waals surface area contributed by atoms with Crippen LogP contribution < -0.4 is 10.8 Å². The minimum atomic E-state index is -0.276. The molecule has 0 aliphatic carbocycles. The highest BCUT2D eigenvalue weighted by atomic mass is 16.7. The van der Waals surface area contributed by atoms with Gasteiger partial charge < -0.3 is 4.42 Å². The summed E-state index contributed by atoms with van der Waals surface area (Å²) in [6, 6.07) is 7.61. The van der Waals surface area contributed by atoms with Gasteiger partial charge in [0, 0.05) is 0 Å². The van der Waals surface area contributed by atoms with Gasteiger partial charge >= 0.3 is 0 Å². The Kier molecular flexibility index (Phi) is 1.73. The predicted molar refractivity (Wildman–Crippen MR) is 48.0 cm³/mol. The number of hydrogen-bond donors (Lipinski definition) is 1. The molecule has 1 N–H and O–H groups in total. The largest absolute Gasteiger partial charge is 0.437 e. The zero-order valence-electron chi connectivity index (χ0n) is 7.30. The molecule has 1 fully saturated rings. The van der Waals surface area contributed by atoms with Gasteiger partial charge in [-0.2, -0.15) is 0 Å². The first-order valence-electron chi connectivity index (χ1n) is 4.34. The summed E-state index contributed by atoms with van der Waals surface area (Å²) in [5.74, 6) is 0.545. The van der Waals surface area contributed by atoms with Crippen LogP contribution in [0.2, 0.25) is 0 Å². The SMILES string of the molecule is c1ccc2oc(C3[N]OCN3)nc2c1. The van der Waals surface area contributed by atoms with Crippen LogP contribution in [0.25, 0.3) is 11.1 Å². The number of nitrogens with zero attached hydrogens (tertiary/aromatic N) is 2. The number of oxazole rings is 1. The van der Waals surface area contributed by atoms with E-state index in [-0.39, 0.29) is 6.17 Å². The van der Waals surface area contributed by atoms with Crippen molar-refractivity contribution >= 4 is 11.1 Å². The summed E-state index contributed by atoms with van der Waals surface area (Å²) in [6.45, 7) is 0.406. The van der Waals surface area contributed by atoms with E-state index >= 15 is 0 Å². The second kappa shape index (κ2) is 3.06. The number of aromatic nitrogens is 1. The van der Waals surface area contributed by atoms with Crippen molar-refractivity contribution in [3.05, 3.63) is 30.2 Å². The van der Waals surface area contributed by atoms with Gasteiger partial charge in [0.1, 0.15) is 12.2 Å². The maximum absolute atomic E-state index is 5.50. The Morgan fingerprint density at radius 3 is 3.07 bits per heavy atom. The first-order valence-corrected chi connectivity index (χ1v) is 4.34. The second-order valence-corrected chi connectivity index (χ2v) is 3.01. The molecule has 5 nitrogen and oxygen atoms in total. The second-order valence-electron chi connectivity index (χ2n) is 3.01. The molecule has 2 heterocycles. The van der Waals surface area contributed by atoms with E-state index in [0.29, 0.717) is 12.6 Å². The Hall–Kier alpha value is -1.43. The van der Waals surface area contributed by atoms with Crippen LogP contribution in [0, 0.1) is 0 Å². The highest BCUT2D eigenvalue weighted by Gasteiger charge is 2.23. The fourth-order valence-electron chi connectivity index (χ4n) is 1.40. The van der Waals surface area contributed by atoms with Gasteiger partial charge in [-0.25, -0.2) is 4.98 Å². The summed E-state index contributed by atoms with van der Waals surface area (Å²) in [5, 5.41) is 2.99. The molecule has 2 aromatic rings. The molecular weight excluding hydrogens is 182 g/mol. The van der Waals surface area contributed by atoms with Crippen LogP contribution in [-0.2, 0) is 4.84 Å². The van der Waals surface area contributed by atoms with Crippen molar-refractivity contribution in [2.75, 3.05) is 6.73 Å². The molecule has 1 aliphatic heterocycles. The number of hydroxylamine groups is 1. The molecule has 1 radical (unpaired) electrons. The number of hydrogen-bond acceptors (Lipinski definition) is 4. The average molecular weight is 190 g/mol. The molecule has 14 heavy (non-hydrogen) atoms. The summed E-state index contributed by atoms with van der Waals surface area (Å²) in [5.41, 5.74) is 5.44. The molecule has 0 amide bonds. The minimum Gasteiger partial charge on any atom is -0.437 e. The Balaban J connectivity index is 2.05. The summed E-state index contributed by atoms with van der Waals surface area (Å²) >= 11 is 0. The van der Waals surface area contributed by atoms with Crippen LogP contribution in [0.4, 0.5) is 0 Å². The molecule has 1 atom stereocenters. The van der Waals surface area contributed by atoms with Crippen LogP contribution in [0.3, 0.4) is 0 Å². The summed E-state index contributed by atoms with van der Waals surface area (Å²) in [6.07, 6.45) is -0.276. The van der Waals surface area contributed by atoms with Crippen molar-refractivity contribution in [2.45, 2.75) is 6.17 Å². The number of fused-ring (bicyclic) bond motifs is 1. The molecule has 1 unspecified atom stereocenters. The van der Waals surface area contributed by atoms with Crippen LogP contribution >= 0.6 is 0 Å². The van der Waals surface area contributed by atoms with E-state index in [0.717, 1.165) is 11.1 Å². The molecule has 0 bridgehead atoms. The Morgan fingerprint density at radius 1 is 1.36 bits per heavy atom. The third-order valence-electron chi connectivity index (χ3n) is 2.07. The summed E-state index contributed by atoms with van der Waals surface area (Å²) in [7, 11) is 0. The lowest BCUT2D eigenvalue weighted by Gasteiger charge is -1.98. The topological polar surface area (TPSA) is 61.4 Å². The first kappa shape index (κ1) is 7.93. The maximum Gasteiger partial charge on any atom is 0.231 e.